The van der Waals surface area contributed by atoms with E-state index < -0.39 is 17.7 Å². The second kappa shape index (κ2) is 5.35. The average molecular weight is 215 g/mol. The van der Waals surface area contributed by atoms with Crippen LogP contribution in [0.3, 0.4) is 0 Å². The van der Waals surface area contributed by atoms with E-state index in [1.165, 1.54) is 0 Å². The van der Waals surface area contributed by atoms with Crippen molar-refractivity contribution in [2.45, 2.75) is 6.42 Å². The zero-order valence-electron chi connectivity index (χ0n) is 7.96. The number of nitrogens with zero attached hydrogens (tertiary/aromatic N) is 1. The van der Waals surface area contributed by atoms with Crippen LogP contribution < -0.4 is 11.1 Å². The van der Waals surface area contributed by atoms with Gasteiger partial charge in [0.25, 0.3) is 5.91 Å². The number of nitrogens with one attached hydrogen (secondary N) is 1. The molecule has 0 atom stereocenters. The summed E-state index contributed by atoms with van der Waals surface area (Å²) < 4.78 is 25.7. The maximum atomic E-state index is 13.0. The fourth-order valence-corrected chi connectivity index (χ4v) is 0.993. The zero-order chi connectivity index (χ0) is 11.3. The van der Waals surface area contributed by atoms with Crippen molar-refractivity contribution in [1.82, 2.24) is 10.3 Å². The highest BCUT2D eigenvalue weighted by Crippen LogP contribution is 2.08. The number of carbonyl (C=O) groups excluding carboxylic acids is 1. The second-order valence-corrected chi connectivity index (χ2v) is 2.86. The Morgan fingerprint density at radius 2 is 2.27 bits per heavy atom. The predicted molar refractivity (Wildman–Crippen MR) is 50.2 cm³/mol. The molecule has 0 aliphatic carbocycles. The summed E-state index contributed by atoms with van der Waals surface area (Å²) in [6, 6.07) is 1.12. The van der Waals surface area contributed by atoms with Gasteiger partial charge in [0.05, 0.1) is 5.56 Å². The summed E-state index contributed by atoms with van der Waals surface area (Å²) in [6.45, 7) is 0.756. The summed E-state index contributed by atoms with van der Waals surface area (Å²) in [5.74, 6) is -3.17. The van der Waals surface area contributed by atoms with Crippen LogP contribution in [0.5, 0.6) is 0 Å². The van der Waals surface area contributed by atoms with Gasteiger partial charge in [-0.15, -0.1) is 0 Å². The smallest absolute Gasteiger partial charge is 0.254 e. The van der Waals surface area contributed by atoms with E-state index >= 15 is 0 Å². The maximum absolute atomic E-state index is 13.0. The van der Waals surface area contributed by atoms with Gasteiger partial charge in [0.2, 0.25) is 5.95 Å². The zero-order valence-corrected chi connectivity index (χ0v) is 7.96. The lowest BCUT2D eigenvalue weighted by atomic mass is 10.2. The van der Waals surface area contributed by atoms with Crippen LogP contribution in [0.4, 0.5) is 8.78 Å². The van der Waals surface area contributed by atoms with Crippen molar-refractivity contribution in [2.75, 3.05) is 13.1 Å². The molecule has 82 valence electrons. The topological polar surface area (TPSA) is 68.0 Å². The number of nitrogens with two attached hydrogens (primary N) is 1. The Labute approximate surface area is 85.5 Å². The Kier molecular flexibility index (Phi) is 4.11. The van der Waals surface area contributed by atoms with Crippen molar-refractivity contribution < 1.29 is 13.6 Å². The summed E-state index contributed by atoms with van der Waals surface area (Å²) in [4.78, 5) is 14.4. The molecule has 0 fully saturated rings. The molecule has 0 aromatic carbocycles. The number of aromatic nitrogens is 1. The molecule has 1 aromatic heterocycles. The van der Waals surface area contributed by atoms with Crippen LogP contribution in [0.25, 0.3) is 0 Å². The lowest BCUT2D eigenvalue weighted by molar-refractivity contribution is 0.0948. The van der Waals surface area contributed by atoms with Gasteiger partial charge in [0.15, 0.2) is 5.82 Å². The molecule has 1 aromatic rings. The maximum Gasteiger partial charge on any atom is 0.254 e. The molecule has 0 radical (unpaired) electrons. The number of rotatable bonds is 4. The number of carbonyl (C=O) groups is 1. The second-order valence-electron chi connectivity index (χ2n) is 2.86. The van der Waals surface area contributed by atoms with Gasteiger partial charge in [0.1, 0.15) is 0 Å². The van der Waals surface area contributed by atoms with E-state index in [-0.39, 0.29) is 5.56 Å². The van der Waals surface area contributed by atoms with Gasteiger partial charge >= 0.3 is 0 Å². The summed E-state index contributed by atoms with van der Waals surface area (Å²) >= 11 is 0. The quantitative estimate of drug-likeness (QED) is 0.565. The molecule has 0 bridgehead atoms. The minimum absolute atomic E-state index is 0.332. The molecule has 3 N–H and O–H groups in total. The summed E-state index contributed by atoms with van der Waals surface area (Å²) in [6.07, 6.45) is 1.62. The van der Waals surface area contributed by atoms with E-state index in [1.807, 2.05) is 0 Å². The standard InChI is InChI=1S/C9H11F2N3O/c10-7-6(2-5-13-8(7)11)9(15)14-4-1-3-12/h2,5H,1,3-4,12H2,(H,14,15). The van der Waals surface area contributed by atoms with Crippen LogP contribution in [-0.4, -0.2) is 24.0 Å². The van der Waals surface area contributed by atoms with Crippen molar-refractivity contribution >= 4 is 5.91 Å². The predicted octanol–water partition coefficient (Wildman–Crippen LogP) is 0.438. The normalized spacial score (nSPS) is 10.1. The minimum Gasteiger partial charge on any atom is -0.352 e. The Hall–Kier alpha value is -1.56. The van der Waals surface area contributed by atoms with E-state index in [2.05, 4.69) is 10.3 Å². The Bertz CT molecular complexity index is 357. The molecule has 0 saturated carbocycles. The molecule has 15 heavy (non-hydrogen) atoms. The molecule has 0 unspecified atom stereocenters. The third-order valence-electron chi connectivity index (χ3n) is 1.76. The summed E-state index contributed by atoms with van der Waals surface area (Å²) in [7, 11) is 0. The molecule has 0 aliphatic rings. The first-order valence-electron chi connectivity index (χ1n) is 4.45. The Morgan fingerprint density at radius 1 is 1.53 bits per heavy atom. The van der Waals surface area contributed by atoms with Crippen molar-refractivity contribution in [1.29, 1.82) is 0 Å². The van der Waals surface area contributed by atoms with Gasteiger partial charge in [-0.1, -0.05) is 0 Å². The van der Waals surface area contributed by atoms with E-state index in [1.54, 1.807) is 0 Å². The Morgan fingerprint density at radius 3 is 2.93 bits per heavy atom. The van der Waals surface area contributed by atoms with Crippen molar-refractivity contribution in [3.63, 3.8) is 0 Å². The minimum atomic E-state index is -1.28. The van der Waals surface area contributed by atoms with Gasteiger partial charge in [-0.05, 0) is 19.0 Å². The number of hydrogen-bond acceptors (Lipinski definition) is 3. The van der Waals surface area contributed by atoms with Crippen molar-refractivity contribution in [3.05, 3.63) is 29.6 Å². The highest BCUT2D eigenvalue weighted by molar-refractivity contribution is 5.94. The van der Waals surface area contributed by atoms with Crippen LogP contribution in [0, 0.1) is 11.8 Å². The van der Waals surface area contributed by atoms with Crippen LogP contribution in [0.1, 0.15) is 16.8 Å². The first-order chi connectivity index (χ1) is 7.16. The first-order valence-corrected chi connectivity index (χ1v) is 4.45. The molecule has 1 heterocycles. The number of halogens is 2. The SMILES string of the molecule is NCCCNC(=O)c1ccnc(F)c1F. The molecular formula is C9H11F2N3O. The first kappa shape index (κ1) is 11.5. The molecule has 0 aliphatic heterocycles. The third-order valence-corrected chi connectivity index (χ3v) is 1.76. The van der Waals surface area contributed by atoms with Gasteiger partial charge < -0.3 is 11.1 Å². The number of pyridine rings is 1. The molecule has 6 heteroatoms. The fourth-order valence-electron chi connectivity index (χ4n) is 0.993. The third kappa shape index (κ3) is 2.95. The lowest BCUT2D eigenvalue weighted by Gasteiger charge is -2.04. The molecule has 0 spiro atoms. The molecule has 4 nitrogen and oxygen atoms in total. The van der Waals surface area contributed by atoms with Crippen LogP contribution in [-0.2, 0) is 0 Å². The number of hydrogen-bond donors (Lipinski definition) is 2. The highest BCUT2D eigenvalue weighted by Gasteiger charge is 2.15. The van der Waals surface area contributed by atoms with Gasteiger partial charge in [-0.3, -0.25) is 4.79 Å². The molecular weight excluding hydrogens is 204 g/mol. The van der Waals surface area contributed by atoms with E-state index in [0.29, 0.717) is 19.5 Å². The molecule has 0 saturated heterocycles. The lowest BCUT2D eigenvalue weighted by Crippen LogP contribution is -2.27. The fraction of sp³-hybridized carbons (Fsp3) is 0.333. The molecule has 1 amide bonds. The van der Waals surface area contributed by atoms with Crippen LogP contribution >= 0.6 is 0 Å². The summed E-state index contributed by atoms with van der Waals surface area (Å²) in [5, 5.41) is 2.41. The number of amides is 1. The van der Waals surface area contributed by atoms with Gasteiger partial charge in [-0.25, -0.2) is 9.37 Å². The van der Waals surface area contributed by atoms with E-state index in [4.69, 9.17) is 5.73 Å². The van der Waals surface area contributed by atoms with E-state index in [0.717, 1.165) is 12.3 Å². The largest absolute Gasteiger partial charge is 0.352 e. The van der Waals surface area contributed by atoms with Gasteiger partial charge in [0, 0.05) is 12.7 Å². The van der Waals surface area contributed by atoms with Crippen molar-refractivity contribution in [3.8, 4) is 0 Å². The van der Waals surface area contributed by atoms with Gasteiger partial charge in [-0.2, -0.15) is 4.39 Å². The van der Waals surface area contributed by atoms with Crippen molar-refractivity contribution in [2.24, 2.45) is 5.73 Å². The Balaban J connectivity index is 2.69. The van der Waals surface area contributed by atoms with E-state index in [9.17, 15) is 13.6 Å². The van der Waals surface area contributed by atoms with Crippen LogP contribution in [0.2, 0.25) is 0 Å². The van der Waals surface area contributed by atoms with Crippen LogP contribution in [0.15, 0.2) is 12.3 Å². The molecule has 1 rings (SSSR count). The monoisotopic (exact) mass is 215 g/mol. The summed E-state index contributed by atoms with van der Waals surface area (Å²) in [5.41, 5.74) is 4.86. The average Bonchev–Trinajstić information content (AvgIpc) is 2.22. The highest BCUT2D eigenvalue weighted by atomic mass is 19.2.